The summed E-state index contributed by atoms with van der Waals surface area (Å²) in [7, 11) is 3.08. The molecule has 2 heterocycles. The number of amides is 1. The minimum atomic E-state index is -0.150. The van der Waals surface area contributed by atoms with Gasteiger partial charge in [-0.2, -0.15) is 0 Å². The molecule has 3 aromatic rings. The van der Waals surface area contributed by atoms with E-state index < -0.39 is 0 Å². The van der Waals surface area contributed by atoms with Crippen LogP contribution in [0.1, 0.15) is 21.6 Å². The van der Waals surface area contributed by atoms with Crippen molar-refractivity contribution in [2.75, 3.05) is 20.8 Å². The van der Waals surface area contributed by atoms with Gasteiger partial charge in [0.25, 0.3) is 5.91 Å². The second kappa shape index (κ2) is 7.56. The molecule has 0 aliphatic carbocycles. The number of methoxy groups -OCH3 is 2. The van der Waals surface area contributed by atoms with Gasteiger partial charge >= 0.3 is 0 Å². The van der Waals surface area contributed by atoms with Crippen molar-refractivity contribution in [2.24, 2.45) is 0 Å². The van der Waals surface area contributed by atoms with Gasteiger partial charge in [0.1, 0.15) is 17.1 Å². The van der Waals surface area contributed by atoms with Crippen LogP contribution in [-0.4, -0.2) is 36.7 Å². The van der Waals surface area contributed by atoms with Crippen LogP contribution in [-0.2, 0) is 13.0 Å². The number of benzene rings is 2. The smallest absolute Gasteiger partial charge is 0.261 e. The highest BCUT2D eigenvalue weighted by Gasteiger charge is 2.30. The van der Waals surface area contributed by atoms with E-state index in [-0.39, 0.29) is 5.91 Å². The fraction of sp³-hybridized carbons (Fsp3) is 0.238. The Kier molecular flexibility index (Phi) is 4.96. The molecular formula is C21H19ClN2O4. The molecule has 2 aromatic carbocycles. The number of nitrogens with zero attached hydrogens (tertiary/aromatic N) is 2. The summed E-state index contributed by atoms with van der Waals surface area (Å²) in [5.41, 5.74) is 3.08. The van der Waals surface area contributed by atoms with E-state index in [4.69, 9.17) is 25.6 Å². The number of halogens is 1. The number of hydrogen-bond donors (Lipinski definition) is 0. The molecule has 1 aliphatic heterocycles. The molecule has 0 radical (unpaired) electrons. The molecule has 0 unspecified atom stereocenters. The van der Waals surface area contributed by atoms with Crippen LogP contribution in [0.4, 0.5) is 0 Å². The van der Waals surface area contributed by atoms with E-state index in [0.717, 1.165) is 16.8 Å². The van der Waals surface area contributed by atoms with E-state index in [1.54, 1.807) is 49.5 Å². The number of hydrogen-bond acceptors (Lipinski definition) is 5. The van der Waals surface area contributed by atoms with Crippen molar-refractivity contribution in [3.8, 4) is 22.8 Å². The normalized spacial score (nSPS) is 13.2. The molecule has 1 aromatic heterocycles. The van der Waals surface area contributed by atoms with E-state index in [1.165, 1.54) is 0 Å². The summed E-state index contributed by atoms with van der Waals surface area (Å²) in [4.78, 5) is 15.0. The maximum absolute atomic E-state index is 13.3. The third-order valence-electron chi connectivity index (χ3n) is 4.87. The standard InChI is InChI=1S/C21H19ClN2O4/c1-26-17-4-3-5-18(27-2)19(17)21(25)24-11-10-16-15(12-24)20(28-23-16)13-6-8-14(22)9-7-13/h3-9H,10-12H2,1-2H3. The molecule has 0 bridgehead atoms. The molecule has 6 nitrogen and oxygen atoms in total. The van der Waals surface area contributed by atoms with Gasteiger partial charge in [-0.25, -0.2) is 0 Å². The molecule has 0 N–H and O–H groups in total. The highest BCUT2D eigenvalue weighted by atomic mass is 35.5. The Morgan fingerprint density at radius 2 is 1.79 bits per heavy atom. The van der Waals surface area contributed by atoms with Gasteiger partial charge in [0.2, 0.25) is 0 Å². The molecule has 1 amide bonds. The van der Waals surface area contributed by atoms with E-state index in [2.05, 4.69) is 5.16 Å². The lowest BCUT2D eigenvalue weighted by Crippen LogP contribution is -2.36. The Morgan fingerprint density at radius 3 is 2.43 bits per heavy atom. The van der Waals surface area contributed by atoms with Crippen molar-refractivity contribution in [3.63, 3.8) is 0 Å². The number of carbonyl (C=O) groups is 1. The van der Waals surface area contributed by atoms with Crippen molar-refractivity contribution in [1.29, 1.82) is 0 Å². The van der Waals surface area contributed by atoms with Crippen LogP contribution in [0.15, 0.2) is 47.0 Å². The second-order valence-electron chi connectivity index (χ2n) is 6.46. The number of carbonyl (C=O) groups excluding carboxylic acids is 1. The summed E-state index contributed by atoms with van der Waals surface area (Å²) in [5, 5.41) is 4.84. The van der Waals surface area contributed by atoms with Gasteiger partial charge in [-0.05, 0) is 36.4 Å². The first-order chi connectivity index (χ1) is 13.6. The lowest BCUT2D eigenvalue weighted by atomic mass is 10.0. The molecule has 144 valence electrons. The second-order valence-corrected chi connectivity index (χ2v) is 6.89. The fourth-order valence-electron chi connectivity index (χ4n) is 3.43. The van der Waals surface area contributed by atoms with Crippen LogP contribution in [0, 0.1) is 0 Å². The monoisotopic (exact) mass is 398 g/mol. The lowest BCUT2D eigenvalue weighted by Gasteiger charge is -2.27. The SMILES string of the molecule is COc1cccc(OC)c1C(=O)N1CCc2noc(-c3ccc(Cl)cc3)c2C1. The highest BCUT2D eigenvalue weighted by molar-refractivity contribution is 6.30. The Bertz CT molecular complexity index is 991. The molecule has 7 heteroatoms. The van der Waals surface area contributed by atoms with Gasteiger partial charge < -0.3 is 18.9 Å². The number of ether oxygens (including phenoxy) is 2. The summed E-state index contributed by atoms with van der Waals surface area (Å²) in [6.07, 6.45) is 0.621. The topological polar surface area (TPSA) is 64.8 Å². The zero-order valence-corrected chi connectivity index (χ0v) is 16.3. The maximum Gasteiger partial charge on any atom is 0.261 e. The molecule has 0 atom stereocenters. The predicted molar refractivity (Wildman–Crippen MR) is 105 cm³/mol. The summed E-state index contributed by atoms with van der Waals surface area (Å²) >= 11 is 5.98. The van der Waals surface area contributed by atoms with Gasteiger partial charge in [0.15, 0.2) is 5.76 Å². The van der Waals surface area contributed by atoms with Crippen LogP contribution >= 0.6 is 11.6 Å². The van der Waals surface area contributed by atoms with Gasteiger partial charge in [0, 0.05) is 29.1 Å². The zero-order chi connectivity index (χ0) is 19.7. The summed E-state index contributed by atoms with van der Waals surface area (Å²) in [6, 6.07) is 12.7. The number of aromatic nitrogens is 1. The first kappa shape index (κ1) is 18.4. The highest BCUT2D eigenvalue weighted by Crippen LogP contribution is 2.34. The first-order valence-electron chi connectivity index (χ1n) is 8.86. The predicted octanol–water partition coefficient (Wildman–Crippen LogP) is 4.21. The van der Waals surface area contributed by atoms with Gasteiger partial charge in [0.05, 0.1) is 26.5 Å². The van der Waals surface area contributed by atoms with Crippen molar-refractivity contribution >= 4 is 17.5 Å². The average Bonchev–Trinajstić information content (AvgIpc) is 3.16. The minimum absolute atomic E-state index is 0.150. The minimum Gasteiger partial charge on any atom is -0.496 e. The largest absolute Gasteiger partial charge is 0.496 e. The zero-order valence-electron chi connectivity index (χ0n) is 15.6. The first-order valence-corrected chi connectivity index (χ1v) is 9.23. The molecule has 28 heavy (non-hydrogen) atoms. The molecule has 0 saturated heterocycles. The third kappa shape index (κ3) is 3.20. The van der Waals surface area contributed by atoms with E-state index in [1.807, 2.05) is 12.1 Å². The molecule has 1 aliphatic rings. The van der Waals surface area contributed by atoms with E-state index >= 15 is 0 Å². The van der Waals surface area contributed by atoms with Crippen molar-refractivity contribution in [1.82, 2.24) is 10.1 Å². The maximum atomic E-state index is 13.3. The molecule has 0 saturated carbocycles. The molecule has 0 fully saturated rings. The fourth-order valence-corrected chi connectivity index (χ4v) is 3.56. The van der Waals surface area contributed by atoms with Crippen LogP contribution in [0.25, 0.3) is 11.3 Å². The molecule has 0 spiro atoms. The third-order valence-corrected chi connectivity index (χ3v) is 5.12. The number of fused-ring (bicyclic) bond motifs is 1. The van der Waals surface area contributed by atoms with Crippen LogP contribution in [0.3, 0.4) is 0 Å². The summed E-state index contributed by atoms with van der Waals surface area (Å²) in [6.45, 7) is 0.941. The van der Waals surface area contributed by atoms with Crippen molar-refractivity contribution < 1.29 is 18.8 Å². The Balaban J connectivity index is 1.67. The average molecular weight is 399 g/mol. The van der Waals surface area contributed by atoms with Gasteiger partial charge in [-0.3, -0.25) is 4.79 Å². The Morgan fingerprint density at radius 1 is 1.11 bits per heavy atom. The quantitative estimate of drug-likeness (QED) is 0.658. The Labute approximate surface area is 167 Å². The molecular weight excluding hydrogens is 380 g/mol. The van der Waals surface area contributed by atoms with Gasteiger partial charge in [-0.15, -0.1) is 0 Å². The number of rotatable bonds is 4. The van der Waals surface area contributed by atoms with E-state index in [9.17, 15) is 4.79 Å². The van der Waals surface area contributed by atoms with Crippen LogP contribution in [0.2, 0.25) is 5.02 Å². The van der Waals surface area contributed by atoms with Crippen LogP contribution in [0.5, 0.6) is 11.5 Å². The Hall–Kier alpha value is -2.99. The summed E-state index contributed by atoms with van der Waals surface area (Å²) in [5.74, 6) is 1.48. The van der Waals surface area contributed by atoms with E-state index in [0.29, 0.717) is 47.4 Å². The summed E-state index contributed by atoms with van der Waals surface area (Å²) < 4.78 is 16.4. The lowest BCUT2D eigenvalue weighted by molar-refractivity contribution is 0.0727. The molecule has 4 rings (SSSR count). The van der Waals surface area contributed by atoms with Crippen LogP contribution < -0.4 is 9.47 Å². The van der Waals surface area contributed by atoms with Gasteiger partial charge in [-0.1, -0.05) is 22.8 Å². The van der Waals surface area contributed by atoms with Crippen molar-refractivity contribution in [3.05, 3.63) is 64.3 Å². The van der Waals surface area contributed by atoms with Crippen molar-refractivity contribution in [2.45, 2.75) is 13.0 Å².